The van der Waals surface area contributed by atoms with Gasteiger partial charge in [-0.2, -0.15) is 11.8 Å². The Morgan fingerprint density at radius 3 is 2.59 bits per heavy atom. The van der Waals surface area contributed by atoms with Gasteiger partial charge in [0.15, 0.2) is 0 Å². The van der Waals surface area contributed by atoms with Crippen LogP contribution < -0.4 is 5.32 Å². The molecule has 3 rings (SSSR count). The molecule has 0 radical (unpaired) electrons. The van der Waals surface area contributed by atoms with Gasteiger partial charge in [-0.3, -0.25) is 4.79 Å². The SMILES string of the molecule is CSCC[C@H](NC(=O)c1ccc(COCCc2ccco2)cc1-c1ccccc1C)C(=O)O.[LiH]. The first-order chi connectivity index (χ1) is 16.0. The van der Waals surface area contributed by atoms with E-state index < -0.39 is 17.9 Å². The molecule has 1 atom stereocenters. The van der Waals surface area contributed by atoms with Gasteiger partial charge in [-0.15, -0.1) is 0 Å². The Labute approximate surface area is 216 Å². The molecule has 176 valence electrons. The second kappa shape index (κ2) is 14.1. The van der Waals surface area contributed by atoms with Crippen LogP contribution in [0.3, 0.4) is 0 Å². The van der Waals surface area contributed by atoms with E-state index >= 15 is 0 Å². The molecule has 1 heterocycles. The number of furan rings is 1. The first kappa shape index (κ1) is 27.8. The van der Waals surface area contributed by atoms with Crippen LogP contribution in [0, 0.1) is 6.92 Å². The molecular weight excluding hydrogens is 445 g/mol. The van der Waals surface area contributed by atoms with Crippen LogP contribution in [0.25, 0.3) is 11.1 Å². The number of rotatable bonds is 12. The van der Waals surface area contributed by atoms with Gasteiger partial charge in [0.2, 0.25) is 0 Å². The third kappa shape index (κ3) is 7.81. The van der Waals surface area contributed by atoms with Gasteiger partial charge in [0.1, 0.15) is 11.8 Å². The van der Waals surface area contributed by atoms with Crippen LogP contribution >= 0.6 is 11.8 Å². The Morgan fingerprint density at radius 1 is 1.12 bits per heavy atom. The van der Waals surface area contributed by atoms with Crippen molar-refractivity contribution in [2.75, 3.05) is 18.6 Å². The van der Waals surface area contributed by atoms with E-state index in [1.807, 2.05) is 61.7 Å². The summed E-state index contributed by atoms with van der Waals surface area (Å²) in [5.74, 6) is 0.0939. The van der Waals surface area contributed by atoms with E-state index in [0.717, 1.165) is 28.0 Å². The molecule has 34 heavy (non-hydrogen) atoms. The summed E-state index contributed by atoms with van der Waals surface area (Å²) in [5.41, 5.74) is 4.09. The molecular formula is C26H30LiNO5S. The molecule has 0 saturated heterocycles. The first-order valence-corrected chi connectivity index (χ1v) is 12.2. The predicted octanol–water partition coefficient (Wildman–Crippen LogP) is 4.30. The third-order valence-corrected chi connectivity index (χ3v) is 5.96. The Balaban J connectivity index is 0.00000408. The van der Waals surface area contributed by atoms with Crippen molar-refractivity contribution in [3.63, 3.8) is 0 Å². The maximum absolute atomic E-state index is 13.1. The van der Waals surface area contributed by atoms with Crippen molar-refractivity contribution >= 4 is 42.5 Å². The van der Waals surface area contributed by atoms with Gasteiger partial charge in [-0.1, -0.05) is 30.3 Å². The summed E-state index contributed by atoms with van der Waals surface area (Å²) in [6.45, 7) is 2.90. The van der Waals surface area contributed by atoms with Gasteiger partial charge in [0.25, 0.3) is 5.91 Å². The number of nitrogens with one attached hydrogen (secondary N) is 1. The molecule has 2 aromatic carbocycles. The summed E-state index contributed by atoms with van der Waals surface area (Å²) in [4.78, 5) is 24.7. The first-order valence-electron chi connectivity index (χ1n) is 10.8. The molecule has 0 aliphatic carbocycles. The second-order valence-electron chi connectivity index (χ2n) is 7.72. The van der Waals surface area contributed by atoms with Crippen molar-refractivity contribution in [1.29, 1.82) is 0 Å². The van der Waals surface area contributed by atoms with Gasteiger partial charge in [-0.05, 0) is 71.9 Å². The zero-order valence-corrected chi connectivity index (χ0v) is 19.7. The Hall–Kier alpha value is -2.43. The molecule has 0 bridgehead atoms. The quantitative estimate of drug-likeness (QED) is 0.300. The zero-order valence-electron chi connectivity index (χ0n) is 18.9. The van der Waals surface area contributed by atoms with Crippen LogP contribution in [0.4, 0.5) is 0 Å². The average Bonchev–Trinajstić information content (AvgIpc) is 3.33. The van der Waals surface area contributed by atoms with E-state index in [-0.39, 0.29) is 18.9 Å². The number of carbonyl (C=O) groups is 2. The summed E-state index contributed by atoms with van der Waals surface area (Å²) >= 11 is 1.55. The molecule has 0 unspecified atom stereocenters. The minimum atomic E-state index is -1.03. The average molecular weight is 476 g/mol. The van der Waals surface area contributed by atoms with Crippen LogP contribution in [-0.4, -0.2) is 60.5 Å². The summed E-state index contributed by atoms with van der Waals surface area (Å²) in [7, 11) is 0. The van der Waals surface area contributed by atoms with Gasteiger partial charge < -0.3 is 19.6 Å². The minimum absolute atomic E-state index is 0. The van der Waals surface area contributed by atoms with Crippen LogP contribution in [-0.2, 0) is 22.6 Å². The molecule has 3 aromatic rings. The number of hydrogen-bond acceptors (Lipinski definition) is 5. The van der Waals surface area contributed by atoms with E-state index in [4.69, 9.17) is 9.15 Å². The fraction of sp³-hybridized carbons (Fsp3) is 0.308. The van der Waals surface area contributed by atoms with E-state index in [0.29, 0.717) is 37.4 Å². The van der Waals surface area contributed by atoms with Gasteiger partial charge in [0, 0.05) is 12.0 Å². The Kier molecular flexibility index (Phi) is 11.5. The van der Waals surface area contributed by atoms with Crippen molar-refractivity contribution in [2.24, 2.45) is 0 Å². The number of aryl methyl sites for hydroxylation is 1. The molecule has 0 saturated carbocycles. The maximum atomic E-state index is 13.1. The fourth-order valence-corrected chi connectivity index (χ4v) is 4.00. The molecule has 2 N–H and O–H groups in total. The summed E-state index contributed by atoms with van der Waals surface area (Å²) < 4.78 is 11.1. The predicted molar refractivity (Wildman–Crippen MR) is 138 cm³/mol. The number of carbonyl (C=O) groups excluding carboxylic acids is 1. The number of ether oxygens (including phenoxy) is 1. The normalized spacial score (nSPS) is 11.5. The number of carboxylic acids is 1. The molecule has 0 aliphatic heterocycles. The van der Waals surface area contributed by atoms with E-state index in [9.17, 15) is 14.7 Å². The number of amides is 1. The number of benzene rings is 2. The molecule has 0 aliphatic rings. The van der Waals surface area contributed by atoms with Crippen molar-refractivity contribution < 1.29 is 23.8 Å². The molecule has 8 heteroatoms. The van der Waals surface area contributed by atoms with Gasteiger partial charge >= 0.3 is 24.8 Å². The van der Waals surface area contributed by atoms with Crippen molar-refractivity contribution in [3.8, 4) is 11.1 Å². The number of carboxylic acid groups (broad SMARTS) is 1. The second-order valence-corrected chi connectivity index (χ2v) is 8.71. The van der Waals surface area contributed by atoms with E-state index in [1.165, 1.54) is 0 Å². The van der Waals surface area contributed by atoms with Crippen molar-refractivity contribution in [3.05, 3.63) is 83.3 Å². The number of thioether (sulfide) groups is 1. The van der Waals surface area contributed by atoms with E-state index in [1.54, 1.807) is 24.1 Å². The molecule has 6 nitrogen and oxygen atoms in total. The van der Waals surface area contributed by atoms with Gasteiger partial charge in [-0.25, -0.2) is 4.79 Å². The van der Waals surface area contributed by atoms with Crippen LogP contribution in [0.15, 0.2) is 65.3 Å². The standard InChI is InChI=1S/C26H29NO5S.Li.H/c1-18-6-3-4-8-21(18)23-16-19(17-31-14-11-20-7-5-13-32-20)9-10-22(23)25(28)27-24(26(29)30)12-15-33-2;;/h3-10,13,16,24H,11-12,14-15,17H2,1-2H3,(H,27,28)(H,29,30);;/t24-;;/m0../s1. The summed E-state index contributed by atoms with van der Waals surface area (Å²) in [6.07, 6.45) is 4.60. The number of hydrogen-bond donors (Lipinski definition) is 2. The van der Waals surface area contributed by atoms with Crippen molar-refractivity contribution in [1.82, 2.24) is 5.32 Å². The monoisotopic (exact) mass is 475 g/mol. The van der Waals surface area contributed by atoms with Gasteiger partial charge in [0.05, 0.1) is 19.5 Å². The third-order valence-electron chi connectivity index (χ3n) is 5.32. The Bertz CT molecular complexity index is 1070. The van der Waals surface area contributed by atoms with Crippen LogP contribution in [0.5, 0.6) is 0 Å². The number of aliphatic carboxylic acids is 1. The molecule has 1 amide bonds. The fourth-order valence-electron chi connectivity index (χ4n) is 3.52. The van der Waals surface area contributed by atoms with E-state index in [2.05, 4.69) is 5.32 Å². The molecule has 0 fully saturated rings. The molecule has 1 aromatic heterocycles. The Morgan fingerprint density at radius 2 is 1.91 bits per heavy atom. The van der Waals surface area contributed by atoms with Crippen molar-refractivity contribution in [2.45, 2.75) is 32.4 Å². The zero-order chi connectivity index (χ0) is 23.6. The van der Waals surface area contributed by atoms with Crippen LogP contribution in [0.1, 0.15) is 33.7 Å². The van der Waals surface area contributed by atoms with Crippen LogP contribution in [0.2, 0.25) is 0 Å². The summed E-state index contributed by atoms with van der Waals surface area (Å²) in [5, 5.41) is 12.2. The topological polar surface area (TPSA) is 88.8 Å². The summed E-state index contributed by atoms with van der Waals surface area (Å²) in [6, 6.07) is 16.2. The molecule has 0 spiro atoms.